The molecule has 1 aromatic carbocycles. The highest BCUT2D eigenvalue weighted by Crippen LogP contribution is 2.35. The Hall–Kier alpha value is -3.09. The molecule has 146 valence electrons. The maximum absolute atomic E-state index is 11.9. The van der Waals surface area contributed by atoms with Gasteiger partial charge in [0.15, 0.2) is 0 Å². The van der Waals surface area contributed by atoms with Crippen LogP contribution in [0.1, 0.15) is 36.5 Å². The predicted molar refractivity (Wildman–Crippen MR) is 112 cm³/mol. The minimum atomic E-state index is -0.559. The maximum Gasteiger partial charge on any atom is 0.254 e. The lowest BCUT2D eigenvalue weighted by atomic mass is 10.1. The number of rotatable bonds is 8. The number of nitrogens with two attached hydrogens (primary N) is 1. The number of aryl methyl sites for hydroxylation is 1. The van der Waals surface area contributed by atoms with E-state index in [0.717, 1.165) is 29.1 Å². The van der Waals surface area contributed by atoms with E-state index < -0.39 is 5.91 Å². The first-order valence-corrected chi connectivity index (χ1v) is 9.73. The summed E-state index contributed by atoms with van der Waals surface area (Å²) in [5, 5.41) is 7.62. The second-order valence-corrected chi connectivity index (χ2v) is 7.78. The van der Waals surface area contributed by atoms with Gasteiger partial charge in [0.25, 0.3) is 5.91 Å². The number of amides is 1. The molecule has 4 rings (SSSR count). The Bertz CT molecular complexity index is 1010. The third-order valence-corrected chi connectivity index (χ3v) is 5.28. The molecule has 0 saturated heterocycles. The average molecular weight is 378 g/mol. The topological polar surface area (TPSA) is 97.9 Å². The molecule has 0 unspecified atom stereocenters. The van der Waals surface area contributed by atoms with Gasteiger partial charge in [0.05, 0.1) is 0 Å². The van der Waals surface area contributed by atoms with E-state index in [2.05, 4.69) is 27.5 Å². The molecule has 7 heteroatoms. The van der Waals surface area contributed by atoms with Gasteiger partial charge in [0.2, 0.25) is 5.95 Å². The molecule has 2 aromatic heterocycles. The summed E-state index contributed by atoms with van der Waals surface area (Å²) in [7, 11) is 2.00. The van der Waals surface area contributed by atoms with Crippen LogP contribution in [0.4, 0.5) is 17.5 Å². The van der Waals surface area contributed by atoms with Crippen molar-refractivity contribution in [2.45, 2.75) is 26.2 Å². The van der Waals surface area contributed by atoms with Gasteiger partial charge >= 0.3 is 0 Å². The van der Waals surface area contributed by atoms with Crippen LogP contribution in [0.5, 0.6) is 0 Å². The second kappa shape index (κ2) is 7.50. The molecule has 0 radical (unpaired) electrons. The summed E-state index contributed by atoms with van der Waals surface area (Å²) in [4.78, 5) is 20.7. The van der Waals surface area contributed by atoms with Crippen LogP contribution >= 0.6 is 0 Å². The Balaban J connectivity index is 1.57. The van der Waals surface area contributed by atoms with Gasteiger partial charge in [0.1, 0.15) is 11.4 Å². The largest absolute Gasteiger partial charge is 0.365 e. The van der Waals surface area contributed by atoms with Crippen LogP contribution in [-0.4, -0.2) is 27.0 Å². The number of primary amides is 1. The molecule has 0 bridgehead atoms. The number of carbonyl (C=O) groups is 1. The Morgan fingerprint density at radius 1 is 1.36 bits per heavy atom. The first kappa shape index (κ1) is 18.3. The Kier molecular flexibility index (Phi) is 4.90. The number of nitrogens with one attached hydrogen (secondary N) is 2. The lowest BCUT2D eigenvalue weighted by Gasteiger charge is -2.14. The highest BCUT2D eigenvalue weighted by Gasteiger charge is 2.23. The minimum Gasteiger partial charge on any atom is -0.365 e. The first-order chi connectivity index (χ1) is 13.5. The zero-order valence-electron chi connectivity index (χ0n) is 16.3. The monoisotopic (exact) mass is 378 g/mol. The molecule has 2 heterocycles. The molecule has 7 nitrogen and oxygen atoms in total. The molecule has 1 aliphatic carbocycles. The molecule has 1 amide bonds. The van der Waals surface area contributed by atoms with Gasteiger partial charge < -0.3 is 20.9 Å². The smallest absolute Gasteiger partial charge is 0.254 e. The van der Waals surface area contributed by atoms with Gasteiger partial charge in [-0.2, -0.15) is 4.98 Å². The average Bonchev–Trinajstić information content (AvgIpc) is 3.40. The van der Waals surface area contributed by atoms with Crippen LogP contribution in [-0.2, 0) is 7.05 Å². The normalized spacial score (nSPS) is 14.8. The lowest BCUT2D eigenvalue weighted by Crippen LogP contribution is -2.18. The highest BCUT2D eigenvalue weighted by molar-refractivity contribution is 6.00. The zero-order valence-corrected chi connectivity index (χ0v) is 16.3. The fraction of sp³-hybridized carbons (Fsp3) is 0.381. The van der Waals surface area contributed by atoms with Crippen molar-refractivity contribution in [3.63, 3.8) is 0 Å². The second-order valence-electron chi connectivity index (χ2n) is 7.78. The van der Waals surface area contributed by atoms with Crippen molar-refractivity contribution in [1.29, 1.82) is 0 Å². The van der Waals surface area contributed by atoms with E-state index in [1.165, 1.54) is 25.5 Å². The maximum atomic E-state index is 11.9. The zero-order chi connectivity index (χ0) is 19.7. The summed E-state index contributed by atoms with van der Waals surface area (Å²) in [6.07, 6.45) is 7.42. The van der Waals surface area contributed by atoms with Crippen molar-refractivity contribution < 1.29 is 4.79 Å². The van der Waals surface area contributed by atoms with E-state index in [1.807, 2.05) is 42.1 Å². The van der Waals surface area contributed by atoms with Crippen molar-refractivity contribution in [3.8, 4) is 0 Å². The van der Waals surface area contributed by atoms with Gasteiger partial charge in [-0.1, -0.05) is 25.8 Å². The molecule has 1 fully saturated rings. The van der Waals surface area contributed by atoms with E-state index in [9.17, 15) is 4.79 Å². The number of carbonyl (C=O) groups excluding carboxylic acids is 1. The summed E-state index contributed by atoms with van der Waals surface area (Å²) in [5.41, 5.74) is 7.76. The first-order valence-electron chi connectivity index (χ1n) is 9.73. The van der Waals surface area contributed by atoms with Crippen molar-refractivity contribution in [1.82, 2.24) is 14.5 Å². The van der Waals surface area contributed by atoms with Crippen molar-refractivity contribution in [2.24, 2.45) is 24.6 Å². The summed E-state index contributed by atoms with van der Waals surface area (Å²) < 4.78 is 2.05. The number of anilines is 3. The quantitative estimate of drug-likeness (QED) is 0.556. The summed E-state index contributed by atoms with van der Waals surface area (Å²) in [5.74, 6) is 1.79. The van der Waals surface area contributed by atoms with Crippen LogP contribution in [0.2, 0.25) is 0 Å². The van der Waals surface area contributed by atoms with E-state index in [-0.39, 0.29) is 5.56 Å². The molecule has 0 aliphatic heterocycles. The third kappa shape index (κ3) is 3.93. The summed E-state index contributed by atoms with van der Waals surface area (Å²) >= 11 is 0. The molecule has 0 spiro atoms. The third-order valence-electron chi connectivity index (χ3n) is 5.28. The fourth-order valence-corrected chi connectivity index (χ4v) is 3.55. The lowest BCUT2D eigenvalue weighted by molar-refractivity contribution is 0.100. The summed E-state index contributed by atoms with van der Waals surface area (Å²) in [6, 6.07) is 8.00. The summed E-state index contributed by atoms with van der Waals surface area (Å²) in [6.45, 7) is 3.04. The number of hydrogen-bond donors (Lipinski definition) is 3. The van der Waals surface area contributed by atoms with Gasteiger partial charge in [-0.05, 0) is 36.5 Å². The highest BCUT2D eigenvalue weighted by atomic mass is 16.1. The van der Waals surface area contributed by atoms with Gasteiger partial charge in [-0.15, -0.1) is 0 Å². The number of benzene rings is 1. The van der Waals surface area contributed by atoms with Gasteiger partial charge in [-0.3, -0.25) is 4.79 Å². The van der Waals surface area contributed by atoms with Gasteiger partial charge in [0, 0.05) is 42.6 Å². The molecule has 3 aromatic rings. The van der Waals surface area contributed by atoms with Crippen LogP contribution in [0.15, 0.2) is 36.7 Å². The van der Waals surface area contributed by atoms with Gasteiger partial charge in [-0.25, -0.2) is 4.98 Å². The fourth-order valence-electron chi connectivity index (χ4n) is 3.55. The van der Waals surface area contributed by atoms with E-state index in [4.69, 9.17) is 5.73 Å². The van der Waals surface area contributed by atoms with E-state index >= 15 is 0 Å². The molecular formula is C21H26N6O. The van der Waals surface area contributed by atoms with Crippen LogP contribution < -0.4 is 16.4 Å². The molecule has 28 heavy (non-hydrogen) atoms. The molecule has 1 atom stereocenters. The van der Waals surface area contributed by atoms with Crippen molar-refractivity contribution in [2.75, 3.05) is 17.2 Å². The number of fused-ring (bicyclic) bond motifs is 1. The number of nitrogens with zero attached hydrogens (tertiary/aromatic N) is 3. The van der Waals surface area contributed by atoms with Crippen molar-refractivity contribution >= 4 is 34.3 Å². The molecule has 1 aliphatic rings. The van der Waals surface area contributed by atoms with Crippen LogP contribution in [0.25, 0.3) is 10.9 Å². The van der Waals surface area contributed by atoms with Crippen LogP contribution in [0.3, 0.4) is 0 Å². The Labute approximate surface area is 164 Å². The SMILES string of the molecule is C[C@H](CNc1ncc(C(N)=O)c(Nc2cccc3c2ccn3C)n1)CC1CC1. The van der Waals surface area contributed by atoms with Crippen LogP contribution in [0, 0.1) is 11.8 Å². The van der Waals surface area contributed by atoms with E-state index in [1.54, 1.807) is 0 Å². The molecule has 1 saturated carbocycles. The van der Waals surface area contributed by atoms with E-state index in [0.29, 0.717) is 17.7 Å². The predicted octanol–water partition coefficient (Wildman–Crippen LogP) is 3.66. The number of aromatic nitrogens is 3. The standard InChI is InChI=1S/C21H26N6O/c1-13(10-14-6-7-14)11-23-21-24-12-16(19(22)28)20(26-21)25-17-4-3-5-18-15(17)8-9-27(18)2/h3-5,8-9,12-14H,6-7,10-11H2,1-2H3,(H2,22,28)(H2,23,24,25,26)/t13-/m0/s1. The number of hydrogen-bond acceptors (Lipinski definition) is 5. The minimum absolute atomic E-state index is 0.268. The Morgan fingerprint density at radius 2 is 2.18 bits per heavy atom. The molecular weight excluding hydrogens is 352 g/mol. The molecule has 4 N–H and O–H groups in total. The Morgan fingerprint density at radius 3 is 2.93 bits per heavy atom. The van der Waals surface area contributed by atoms with Crippen molar-refractivity contribution in [3.05, 3.63) is 42.2 Å².